The van der Waals surface area contributed by atoms with E-state index in [1.807, 2.05) is 36.4 Å². The Morgan fingerprint density at radius 1 is 0.547 bits per heavy atom. The minimum atomic E-state index is -0.446. The van der Waals surface area contributed by atoms with Gasteiger partial charge in [0, 0.05) is 12.5 Å². The summed E-state index contributed by atoms with van der Waals surface area (Å²) in [5.41, 5.74) is 6.17. The highest BCUT2D eigenvalue weighted by molar-refractivity contribution is 5.79. The second-order valence-electron chi connectivity index (χ2n) is 12.9. The second kappa shape index (κ2) is 27.1. The van der Waals surface area contributed by atoms with Gasteiger partial charge in [0.15, 0.2) is 0 Å². The van der Waals surface area contributed by atoms with Gasteiger partial charge in [-0.3, -0.25) is 0 Å². The predicted molar refractivity (Wildman–Crippen MR) is 207 cm³/mol. The summed E-state index contributed by atoms with van der Waals surface area (Å²) in [4.78, 5) is 12.3. The van der Waals surface area contributed by atoms with Crippen LogP contribution in [0.15, 0.2) is 72.8 Å². The van der Waals surface area contributed by atoms with Crippen LogP contribution < -0.4 is 10.1 Å². The molecule has 0 unspecified atom stereocenters. The normalized spacial score (nSPS) is 12.1. The van der Waals surface area contributed by atoms with Crippen LogP contribution in [0.1, 0.15) is 68.1 Å². The maximum absolute atomic E-state index is 12.3. The van der Waals surface area contributed by atoms with Crippen molar-refractivity contribution in [1.82, 2.24) is 5.32 Å². The van der Waals surface area contributed by atoms with Crippen LogP contribution in [-0.4, -0.2) is 105 Å². The number of fused-ring (bicyclic) bond motifs is 3. The molecule has 292 valence electrons. The van der Waals surface area contributed by atoms with Gasteiger partial charge >= 0.3 is 6.09 Å². The van der Waals surface area contributed by atoms with Gasteiger partial charge in [0.05, 0.1) is 79.3 Å². The molecule has 0 radical (unpaired) electrons. The molecule has 0 atom stereocenters. The van der Waals surface area contributed by atoms with Crippen molar-refractivity contribution in [2.24, 2.45) is 0 Å². The van der Waals surface area contributed by atoms with E-state index < -0.39 is 6.09 Å². The van der Waals surface area contributed by atoms with Gasteiger partial charge in [-0.1, -0.05) is 99.7 Å². The smallest absolute Gasteiger partial charge is 0.407 e. The van der Waals surface area contributed by atoms with E-state index in [1.165, 1.54) is 66.3 Å². The molecular formula is C43H61NO9. The van der Waals surface area contributed by atoms with Crippen molar-refractivity contribution in [3.05, 3.63) is 89.5 Å². The third kappa shape index (κ3) is 17.0. The minimum absolute atomic E-state index is 0.0417. The quantitative estimate of drug-likeness (QED) is 0.0670. The van der Waals surface area contributed by atoms with Crippen LogP contribution in [0.3, 0.4) is 0 Å². The average Bonchev–Trinajstić information content (AvgIpc) is 3.51. The zero-order valence-electron chi connectivity index (χ0n) is 31.7. The SMILES string of the molecule is CCCCCCCCc1ccc(OCCOCCOCCOCCOCCOCCOCCNC(=O)OCC2c3ccccc3-c3ccccc32)cc1. The molecule has 10 heteroatoms. The summed E-state index contributed by atoms with van der Waals surface area (Å²) < 4.78 is 44.6. The number of carbonyl (C=O) groups is 1. The molecule has 1 aliphatic rings. The third-order valence-electron chi connectivity index (χ3n) is 8.96. The number of rotatable bonds is 31. The van der Waals surface area contributed by atoms with Gasteiger partial charge in [-0.2, -0.15) is 0 Å². The number of alkyl carbamates (subject to hydrolysis) is 1. The number of nitrogens with one attached hydrogen (secondary N) is 1. The Balaban J connectivity index is 0.836. The summed E-state index contributed by atoms with van der Waals surface area (Å²) in [5, 5.41) is 2.75. The van der Waals surface area contributed by atoms with Gasteiger partial charge in [0.25, 0.3) is 0 Å². The molecule has 0 aliphatic heterocycles. The molecule has 0 aromatic heterocycles. The first-order valence-electron chi connectivity index (χ1n) is 19.5. The van der Waals surface area contributed by atoms with Crippen molar-refractivity contribution < 1.29 is 42.7 Å². The fourth-order valence-corrected chi connectivity index (χ4v) is 6.16. The van der Waals surface area contributed by atoms with Crippen molar-refractivity contribution in [2.75, 3.05) is 99.0 Å². The monoisotopic (exact) mass is 735 g/mol. The molecule has 1 N–H and O–H groups in total. The number of benzene rings is 3. The number of ether oxygens (including phenoxy) is 8. The van der Waals surface area contributed by atoms with Crippen molar-refractivity contribution in [3.8, 4) is 16.9 Å². The Morgan fingerprint density at radius 3 is 1.57 bits per heavy atom. The number of amides is 1. The highest BCUT2D eigenvalue weighted by Crippen LogP contribution is 2.44. The molecule has 4 rings (SSSR count). The lowest BCUT2D eigenvalue weighted by Crippen LogP contribution is -2.29. The first-order valence-corrected chi connectivity index (χ1v) is 19.5. The topological polar surface area (TPSA) is 103 Å². The van der Waals surface area contributed by atoms with E-state index in [9.17, 15) is 4.79 Å². The number of hydrogen-bond acceptors (Lipinski definition) is 9. The number of aryl methyl sites for hydroxylation is 1. The van der Waals surface area contributed by atoms with Crippen molar-refractivity contribution in [1.29, 1.82) is 0 Å². The Bertz CT molecular complexity index is 1340. The predicted octanol–water partition coefficient (Wildman–Crippen LogP) is 7.61. The van der Waals surface area contributed by atoms with Crippen LogP contribution in [0.2, 0.25) is 0 Å². The highest BCUT2D eigenvalue weighted by Gasteiger charge is 2.28. The van der Waals surface area contributed by atoms with Crippen molar-refractivity contribution in [3.63, 3.8) is 0 Å². The zero-order valence-corrected chi connectivity index (χ0v) is 31.7. The lowest BCUT2D eigenvalue weighted by molar-refractivity contribution is -0.0176. The minimum Gasteiger partial charge on any atom is -0.491 e. The molecule has 3 aromatic rings. The summed E-state index contributed by atoms with van der Waals surface area (Å²) in [6.07, 6.45) is 8.62. The molecule has 0 spiro atoms. The maximum atomic E-state index is 12.3. The van der Waals surface area contributed by atoms with Gasteiger partial charge in [0.1, 0.15) is 19.0 Å². The summed E-state index contributed by atoms with van der Waals surface area (Å²) in [7, 11) is 0. The lowest BCUT2D eigenvalue weighted by atomic mass is 9.98. The summed E-state index contributed by atoms with van der Waals surface area (Å²) >= 11 is 0. The van der Waals surface area contributed by atoms with E-state index in [2.05, 4.69) is 48.6 Å². The molecule has 0 saturated heterocycles. The fraction of sp³-hybridized carbons (Fsp3) is 0.558. The van der Waals surface area contributed by atoms with E-state index in [4.69, 9.17) is 37.9 Å². The highest BCUT2D eigenvalue weighted by atomic mass is 16.6. The van der Waals surface area contributed by atoms with E-state index >= 15 is 0 Å². The van der Waals surface area contributed by atoms with E-state index in [0.29, 0.717) is 99.0 Å². The summed E-state index contributed by atoms with van der Waals surface area (Å²) in [5.74, 6) is 0.923. The largest absolute Gasteiger partial charge is 0.491 e. The van der Waals surface area contributed by atoms with Gasteiger partial charge < -0.3 is 43.2 Å². The number of hydrogen-bond donors (Lipinski definition) is 1. The Morgan fingerprint density at radius 2 is 1.02 bits per heavy atom. The van der Waals surface area contributed by atoms with Gasteiger partial charge in [-0.25, -0.2) is 4.79 Å². The first kappa shape index (κ1) is 42.2. The van der Waals surface area contributed by atoms with Crippen LogP contribution in [0.5, 0.6) is 5.75 Å². The molecule has 0 fully saturated rings. The van der Waals surface area contributed by atoms with Crippen LogP contribution in [0, 0.1) is 0 Å². The van der Waals surface area contributed by atoms with Gasteiger partial charge in [0.2, 0.25) is 0 Å². The molecule has 3 aromatic carbocycles. The van der Waals surface area contributed by atoms with E-state index in [1.54, 1.807) is 0 Å². The molecule has 1 aliphatic carbocycles. The maximum Gasteiger partial charge on any atom is 0.407 e. The van der Waals surface area contributed by atoms with E-state index in [-0.39, 0.29) is 5.92 Å². The fourth-order valence-electron chi connectivity index (χ4n) is 6.16. The molecule has 1 amide bonds. The van der Waals surface area contributed by atoms with E-state index in [0.717, 1.165) is 12.2 Å². The molecule has 53 heavy (non-hydrogen) atoms. The standard InChI is InChI=1S/C43H61NO9/c1-2-3-4-5-6-7-12-36-17-19-37(20-18-36)52-34-33-51-32-31-50-30-29-49-28-27-48-26-25-47-24-23-46-22-21-44-43(45)53-35-42-40-15-10-8-13-38(40)39-14-9-11-16-41(39)42/h8-11,13-20,42H,2-7,12,21-35H2,1H3,(H,44,45). The van der Waals surface area contributed by atoms with Crippen LogP contribution in [-0.2, 0) is 39.6 Å². The first-order chi connectivity index (χ1) is 26.3. The van der Waals surface area contributed by atoms with Gasteiger partial charge in [-0.15, -0.1) is 0 Å². The van der Waals surface area contributed by atoms with Gasteiger partial charge in [-0.05, 0) is 52.8 Å². The van der Waals surface area contributed by atoms with Crippen molar-refractivity contribution in [2.45, 2.75) is 57.8 Å². The summed E-state index contributed by atoms with van der Waals surface area (Å²) in [6.45, 7) is 9.21. The van der Waals surface area contributed by atoms with Crippen molar-refractivity contribution >= 4 is 6.09 Å². The second-order valence-corrected chi connectivity index (χ2v) is 12.9. The van der Waals surface area contributed by atoms with Crippen LogP contribution in [0.4, 0.5) is 4.79 Å². The Hall–Kier alpha value is -3.51. The molecule has 0 heterocycles. The van der Waals surface area contributed by atoms with Crippen LogP contribution in [0.25, 0.3) is 11.1 Å². The lowest BCUT2D eigenvalue weighted by Gasteiger charge is -2.14. The Labute approximate surface area is 316 Å². The summed E-state index contributed by atoms with van der Waals surface area (Å²) in [6, 6.07) is 25.0. The Kier molecular flexibility index (Phi) is 21.6. The zero-order chi connectivity index (χ0) is 37.0. The number of unbranched alkanes of at least 4 members (excludes halogenated alkanes) is 5. The molecule has 0 saturated carbocycles. The molecular weight excluding hydrogens is 674 g/mol. The van der Waals surface area contributed by atoms with Crippen LogP contribution >= 0.6 is 0 Å². The average molecular weight is 736 g/mol. The molecule has 10 nitrogen and oxygen atoms in total. The number of carbonyl (C=O) groups excluding carboxylic acids is 1. The third-order valence-corrected chi connectivity index (χ3v) is 8.96. The molecule has 0 bridgehead atoms.